The Morgan fingerprint density at radius 2 is 1.88 bits per heavy atom. The van der Waals surface area contributed by atoms with Crippen molar-refractivity contribution in [3.05, 3.63) is 106 Å². The lowest BCUT2D eigenvalue weighted by Gasteiger charge is -2.28. The van der Waals surface area contributed by atoms with E-state index in [0.717, 1.165) is 28.3 Å². The molecule has 216 valence electrons. The van der Waals surface area contributed by atoms with Crippen LogP contribution in [0.15, 0.2) is 72.9 Å². The van der Waals surface area contributed by atoms with E-state index in [1.54, 1.807) is 19.4 Å². The van der Waals surface area contributed by atoms with E-state index >= 15 is 0 Å². The number of nitrogens with one attached hydrogen (secondary N) is 2. The fourth-order valence-electron chi connectivity index (χ4n) is 5.41. The molecule has 11 nitrogen and oxygen atoms in total. The summed E-state index contributed by atoms with van der Waals surface area (Å²) in [5.74, 6) is 0.263. The van der Waals surface area contributed by atoms with Crippen molar-refractivity contribution in [2.45, 2.75) is 25.9 Å². The number of nitrogens with zero attached hydrogens (tertiary/aromatic N) is 4. The molecule has 0 spiro atoms. The molecule has 1 amide bonds. The number of hydrogen-bond acceptors (Lipinski definition) is 7. The Hall–Kier alpha value is -4.81. The van der Waals surface area contributed by atoms with E-state index in [9.17, 15) is 14.9 Å². The van der Waals surface area contributed by atoms with E-state index in [1.165, 1.54) is 19.2 Å². The molecule has 4 aromatic rings. The number of aromatic nitrogens is 2. The Balaban J connectivity index is 1.62. The number of thiocarbonyl (C=S) groups is 1. The fraction of sp³-hybridized carbons (Fsp3) is 0.233. The molecule has 2 atom stereocenters. The summed E-state index contributed by atoms with van der Waals surface area (Å²) in [7, 11) is 3.01. The van der Waals surface area contributed by atoms with Gasteiger partial charge in [-0.15, -0.1) is 0 Å². The Kier molecular flexibility index (Phi) is 8.18. The maximum atomic E-state index is 12.0. The first-order valence-electron chi connectivity index (χ1n) is 13.1. The van der Waals surface area contributed by atoms with E-state index in [1.807, 2.05) is 65.8 Å². The van der Waals surface area contributed by atoms with Gasteiger partial charge in [-0.1, -0.05) is 6.07 Å². The molecule has 12 heteroatoms. The second-order valence-electron chi connectivity index (χ2n) is 9.80. The highest BCUT2D eigenvalue weighted by Gasteiger charge is 2.42. The molecule has 0 bridgehead atoms. The Morgan fingerprint density at radius 3 is 2.52 bits per heavy atom. The number of pyridine rings is 1. The van der Waals surface area contributed by atoms with Crippen molar-refractivity contribution in [3.63, 3.8) is 0 Å². The smallest absolute Gasteiger partial charge is 0.271 e. The standard InChI is InChI=1S/C30H30N6O5S/c1-18-15-23(19(2)34(18)25-16-22(36(38)39)12-13-26(25)41-4)29-28(24-7-5-6-14-31-24)33-30(42)35(29)21-10-8-20(9-11-21)32-27(37)17-40-3/h5-16,28-29H,17H2,1-4H3,(H,32,37)(H,33,42). The third kappa shape index (κ3) is 5.41. The van der Waals surface area contributed by atoms with Crippen molar-refractivity contribution in [1.29, 1.82) is 0 Å². The van der Waals surface area contributed by atoms with Gasteiger partial charge in [0, 0.05) is 48.2 Å². The normalized spacial score (nSPS) is 16.3. The molecule has 42 heavy (non-hydrogen) atoms. The summed E-state index contributed by atoms with van der Waals surface area (Å²) in [5, 5.41) is 18.4. The minimum Gasteiger partial charge on any atom is -0.495 e. The van der Waals surface area contributed by atoms with Crippen molar-refractivity contribution >= 4 is 40.3 Å². The number of nitro benzene ring substituents is 1. The minimum atomic E-state index is -0.419. The number of nitro groups is 1. The quantitative estimate of drug-likeness (QED) is 0.155. The average molecular weight is 587 g/mol. The summed E-state index contributed by atoms with van der Waals surface area (Å²) >= 11 is 5.87. The topological polar surface area (TPSA) is 124 Å². The molecular weight excluding hydrogens is 556 g/mol. The van der Waals surface area contributed by atoms with Crippen molar-refractivity contribution < 1.29 is 19.2 Å². The number of carbonyl (C=O) groups excluding carboxylic acids is 1. The molecule has 1 aliphatic heterocycles. The molecule has 0 aliphatic carbocycles. The van der Waals surface area contributed by atoms with Gasteiger partial charge in [0.15, 0.2) is 5.11 Å². The molecule has 1 fully saturated rings. The van der Waals surface area contributed by atoms with Gasteiger partial charge in [-0.3, -0.25) is 19.9 Å². The number of anilines is 2. The zero-order valence-corrected chi connectivity index (χ0v) is 24.3. The molecule has 2 unspecified atom stereocenters. The van der Waals surface area contributed by atoms with E-state index in [2.05, 4.69) is 21.7 Å². The van der Waals surface area contributed by atoms with Gasteiger partial charge in [-0.05, 0) is 80.2 Å². The van der Waals surface area contributed by atoms with Crippen LogP contribution in [0.2, 0.25) is 0 Å². The lowest BCUT2D eigenvalue weighted by molar-refractivity contribution is -0.384. The number of amides is 1. The molecule has 2 aromatic heterocycles. The average Bonchev–Trinajstić information content (AvgIpc) is 3.48. The minimum absolute atomic E-state index is 0.0331. The van der Waals surface area contributed by atoms with Crippen molar-refractivity contribution in [2.75, 3.05) is 31.0 Å². The highest BCUT2D eigenvalue weighted by Crippen LogP contribution is 2.44. The van der Waals surface area contributed by atoms with Gasteiger partial charge in [-0.25, -0.2) is 0 Å². The van der Waals surface area contributed by atoms with Gasteiger partial charge in [0.05, 0.1) is 35.5 Å². The number of benzene rings is 2. The number of rotatable bonds is 9. The second-order valence-corrected chi connectivity index (χ2v) is 10.2. The van der Waals surface area contributed by atoms with Crippen LogP contribution < -0.4 is 20.3 Å². The van der Waals surface area contributed by atoms with Crippen molar-refractivity contribution in [2.24, 2.45) is 0 Å². The summed E-state index contributed by atoms with van der Waals surface area (Å²) in [6.07, 6.45) is 1.74. The van der Waals surface area contributed by atoms with E-state index in [4.69, 9.17) is 21.7 Å². The van der Waals surface area contributed by atoms with Gasteiger partial charge in [0.2, 0.25) is 5.91 Å². The highest BCUT2D eigenvalue weighted by molar-refractivity contribution is 7.80. The summed E-state index contributed by atoms with van der Waals surface area (Å²) < 4.78 is 12.5. The van der Waals surface area contributed by atoms with Gasteiger partial charge in [-0.2, -0.15) is 0 Å². The first kappa shape index (κ1) is 28.7. The van der Waals surface area contributed by atoms with Gasteiger partial charge >= 0.3 is 0 Å². The Morgan fingerprint density at radius 1 is 1.12 bits per heavy atom. The first-order valence-corrected chi connectivity index (χ1v) is 13.6. The van der Waals surface area contributed by atoms with Crippen LogP contribution in [0.1, 0.15) is 34.7 Å². The van der Waals surface area contributed by atoms with Gasteiger partial charge in [0.1, 0.15) is 12.4 Å². The van der Waals surface area contributed by atoms with Crippen LogP contribution in [0.5, 0.6) is 5.75 Å². The largest absolute Gasteiger partial charge is 0.495 e. The van der Waals surface area contributed by atoms with E-state index in [-0.39, 0.29) is 30.3 Å². The van der Waals surface area contributed by atoms with Gasteiger partial charge < -0.3 is 29.6 Å². The highest BCUT2D eigenvalue weighted by atomic mass is 32.1. The van der Waals surface area contributed by atoms with Crippen LogP contribution in [0.25, 0.3) is 5.69 Å². The van der Waals surface area contributed by atoms with Crippen LogP contribution in [0, 0.1) is 24.0 Å². The molecule has 3 heterocycles. The van der Waals surface area contributed by atoms with Crippen molar-refractivity contribution in [3.8, 4) is 11.4 Å². The molecule has 0 radical (unpaired) electrons. The molecule has 2 N–H and O–H groups in total. The zero-order chi connectivity index (χ0) is 30.0. The molecule has 1 saturated heterocycles. The molecular formula is C30H30N6O5S. The summed E-state index contributed by atoms with van der Waals surface area (Å²) in [6.45, 7) is 3.89. The first-order chi connectivity index (χ1) is 20.2. The number of hydrogen-bond donors (Lipinski definition) is 2. The number of methoxy groups -OCH3 is 2. The predicted molar refractivity (Wildman–Crippen MR) is 163 cm³/mol. The van der Waals surface area contributed by atoms with Crippen LogP contribution in [0.3, 0.4) is 0 Å². The lowest BCUT2D eigenvalue weighted by atomic mass is 9.96. The summed E-state index contributed by atoms with van der Waals surface area (Å²) in [6, 6.07) is 19.2. The third-order valence-electron chi connectivity index (χ3n) is 7.21. The molecule has 1 aliphatic rings. The lowest BCUT2D eigenvalue weighted by Crippen LogP contribution is -2.29. The molecule has 2 aromatic carbocycles. The SMILES string of the molecule is COCC(=O)Nc1ccc(N2C(=S)NC(c3ccccn3)C2c2cc(C)n(-c3cc([N+](=O)[O-])ccc3OC)c2C)cc1. The zero-order valence-electron chi connectivity index (χ0n) is 23.5. The monoisotopic (exact) mass is 586 g/mol. The van der Waals surface area contributed by atoms with Crippen molar-refractivity contribution in [1.82, 2.24) is 14.9 Å². The number of carbonyl (C=O) groups is 1. The summed E-state index contributed by atoms with van der Waals surface area (Å²) in [5.41, 5.74) is 5.50. The summed E-state index contributed by atoms with van der Waals surface area (Å²) in [4.78, 5) is 29.9. The van der Waals surface area contributed by atoms with Gasteiger partial charge in [0.25, 0.3) is 5.69 Å². The van der Waals surface area contributed by atoms with E-state index < -0.39 is 4.92 Å². The Bertz CT molecular complexity index is 1640. The third-order valence-corrected chi connectivity index (χ3v) is 7.52. The molecule has 0 saturated carbocycles. The van der Waals surface area contributed by atoms with E-state index in [0.29, 0.717) is 22.2 Å². The van der Waals surface area contributed by atoms with Crippen LogP contribution in [-0.4, -0.2) is 46.3 Å². The maximum Gasteiger partial charge on any atom is 0.271 e. The number of ether oxygens (including phenoxy) is 2. The predicted octanol–water partition coefficient (Wildman–Crippen LogP) is 5.17. The molecule has 5 rings (SSSR count). The van der Waals surface area contributed by atoms with Crippen LogP contribution in [0.4, 0.5) is 17.1 Å². The number of aryl methyl sites for hydroxylation is 1. The van der Waals surface area contributed by atoms with Crippen LogP contribution in [-0.2, 0) is 9.53 Å². The fourth-order valence-corrected chi connectivity index (χ4v) is 5.75. The Labute approximate surface area is 248 Å². The second kappa shape index (κ2) is 12.0. The maximum absolute atomic E-state index is 12.0. The van der Waals surface area contributed by atoms with Crippen LogP contribution >= 0.6 is 12.2 Å². The number of non-ortho nitro benzene ring substituents is 1.